The summed E-state index contributed by atoms with van der Waals surface area (Å²) in [4.78, 5) is 40.0. The molecule has 0 N–H and O–H groups in total. The Balaban J connectivity index is 1.68. The number of carbonyl (C=O) groups is 1. The Kier molecular flexibility index (Phi) is 3.78. The Morgan fingerprint density at radius 2 is 2.04 bits per heavy atom. The van der Waals surface area contributed by atoms with Crippen molar-refractivity contribution in [1.82, 2.24) is 14.0 Å². The highest BCUT2D eigenvalue weighted by molar-refractivity contribution is 5.77. The SMILES string of the molecule is C[C@H](C1CC1)N(C(=O)Cn1c(=O)c(C#N)c2n(c1=O)CCC2)C1CC1. The normalized spacial score (nSPS) is 20.0. The minimum absolute atomic E-state index is 0.0121. The van der Waals surface area contributed by atoms with Crippen molar-refractivity contribution in [3.63, 3.8) is 0 Å². The molecule has 3 aliphatic rings. The molecular weight excluding hydrogens is 320 g/mol. The topological polar surface area (TPSA) is 88.1 Å². The molecule has 1 amide bonds. The zero-order valence-electron chi connectivity index (χ0n) is 14.4. The number of nitriles is 1. The van der Waals surface area contributed by atoms with Gasteiger partial charge < -0.3 is 4.90 Å². The fourth-order valence-electron chi connectivity index (χ4n) is 4.03. The van der Waals surface area contributed by atoms with E-state index in [-0.39, 0.29) is 30.1 Å². The molecule has 0 aromatic carbocycles. The molecule has 2 fully saturated rings. The van der Waals surface area contributed by atoms with Gasteiger partial charge in [0.25, 0.3) is 5.56 Å². The van der Waals surface area contributed by atoms with Crippen LogP contribution in [-0.2, 0) is 24.3 Å². The van der Waals surface area contributed by atoms with Crippen LogP contribution < -0.4 is 11.2 Å². The first-order valence-corrected chi connectivity index (χ1v) is 9.10. The number of rotatable bonds is 5. The van der Waals surface area contributed by atoms with Crippen molar-refractivity contribution >= 4 is 5.91 Å². The summed E-state index contributed by atoms with van der Waals surface area (Å²) < 4.78 is 2.45. The van der Waals surface area contributed by atoms with Crippen LogP contribution in [0.25, 0.3) is 0 Å². The van der Waals surface area contributed by atoms with E-state index in [1.54, 1.807) is 0 Å². The second-order valence-corrected chi connectivity index (χ2v) is 7.47. The van der Waals surface area contributed by atoms with E-state index in [1.165, 1.54) is 4.57 Å². The molecule has 1 atom stereocenters. The van der Waals surface area contributed by atoms with Crippen molar-refractivity contribution < 1.29 is 4.79 Å². The Hall–Kier alpha value is -2.36. The molecule has 0 spiro atoms. The van der Waals surface area contributed by atoms with Crippen LogP contribution in [0.4, 0.5) is 0 Å². The Morgan fingerprint density at radius 3 is 2.64 bits per heavy atom. The quantitative estimate of drug-likeness (QED) is 0.785. The van der Waals surface area contributed by atoms with Crippen molar-refractivity contribution in [2.24, 2.45) is 5.92 Å². The lowest BCUT2D eigenvalue weighted by Gasteiger charge is -2.29. The van der Waals surface area contributed by atoms with E-state index >= 15 is 0 Å². The van der Waals surface area contributed by atoms with Gasteiger partial charge in [-0.3, -0.25) is 14.2 Å². The fourth-order valence-corrected chi connectivity index (χ4v) is 4.03. The van der Waals surface area contributed by atoms with Crippen LogP contribution in [0.1, 0.15) is 50.3 Å². The van der Waals surface area contributed by atoms with Crippen LogP contribution in [0.5, 0.6) is 0 Å². The highest BCUT2D eigenvalue weighted by Crippen LogP contribution is 2.39. The predicted octanol–water partition coefficient (Wildman–Crippen LogP) is 0.617. The minimum Gasteiger partial charge on any atom is -0.335 e. The van der Waals surface area contributed by atoms with Crippen LogP contribution in [-0.4, -0.2) is 32.0 Å². The third-order valence-electron chi connectivity index (χ3n) is 5.71. The summed E-state index contributed by atoms with van der Waals surface area (Å²) in [5, 5.41) is 9.33. The van der Waals surface area contributed by atoms with Gasteiger partial charge in [-0.2, -0.15) is 5.26 Å². The minimum atomic E-state index is -0.621. The Labute approximate surface area is 145 Å². The van der Waals surface area contributed by atoms with Gasteiger partial charge in [-0.15, -0.1) is 0 Å². The summed E-state index contributed by atoms with van der Waals surface area (Å²) >= 11 is 0. The first-order valence-electron chi connectivity index (χ1n) is 9.10. The molecule has 7 heteroatoms. The summed E-state index contributed by atoms with van der Waals surface area (Å²) in [7, 11) is 0. The maximum atomic E-state index is 12.9. The van der Waals surface area contributed by atoms with Gasteiger partial charge >= 0.3 is 5.69 Å². The molecule has 132 valence electrons. The summed E-state index contributed by atoms with van der Waals surface area (Å²) in [6.07, 6.45) is 5.56. The molecule has 2 aliphatic carbocycles. The first kappa shape index (κ1) is 16.1. The van der Waals surface area contributed by atoms with Crippen molar-refractivity contribution in [3.05, 3.63) is 32.1 Å². The molecule has 2 saturated carbocycles. The first-order chi connectivity index (χ1) is 12.0. The largest absolute Gasteiger partial charge is 0.335 e. The van der Waals surface area contributed by atoms with Gasteiger partial charge in [0.2, 0.25) is 5.91 Å². The molecule has 0 unspecified atom stereocenters. The van der Waals surface area contributed by atoms with Crippen molar-refractivity contribution in [1.29, 1.82) is 5.26 Å². The van der Waals surface area contributed by atoms with E-state index in [2.05, 4.69) is 6.92 Å². The van der Waals surface area contributed by atoms with Crippen molar-refractivity contribution in [3.8, 4) is 6.07 Å². The molecule has 7 nitrogen and oxygen atoms in total. The highest BCUT2D eigenvalue weighted by Gasteiger charge is 2.41. The van der Waals surface area contributed by atoms with Crippen molar-refractivity contribution in [2.45, 2.75) is 70.6 Å². The summed E-state index contributed by atoms with van der Waals surface area (Å²) in [5.41, 5.74) is -0.548. The maximum absolute atomic E-state index is 12.9. The number of fused-ring (bicyclic) bond motifs is 1. The van der Waals surface area contributed by atoms with E-state index < -0.39 is 11.2 Å². The van der Waals surface area contributed by atoms with Gasteiger partial charge in [-0.1, -0.05) is 0 Å². The molecule has 2 heterocycles. The second kappa shape index (κ2) is 5.87. The number of hydrogen-bond donors (Lipinski definition) is 0. The Bertz CT molecular complexity index is 883. The second-order valence-electron chi connectivity index (χ2n) is 7.47. The number of carbonyl (C=O) groups excluding carboxylic acids is 1. The molecule has 0 radical (unpaired) electrons. The zero-order valence-corrected chi connectivity index (χ0v) is 14.4. The molecule has 1 aromatic heterocycles. The fraction of sp³-hybridized carbons (Fsp3) is 0.667. The lowest BCUT2D eigenvalue weighted by molar-refractivity contribution is -0.135. The summed E-state index contributed by atoms with van der Waals surface area (Å²) in [6, 6.07) is 2.33. The van der Waals surface area contributed by atoms with E-state index in [0.717, 1.165) is 36.7 Å². The molecule has 4 rings (SSSR count). The molecule has 25 heavy (non-hydrogen) atoms. The number of aromatic nitrogens is 2. The summed E-state index contributed by atoms with van der Waals surface area (Å²) in [5.74, 6) is 0.362. The standard InChI is InChI=1S/C18H22N4O3/c1-11(12-4-5-12)22(13-6-7-13)16(23)10-21-17(24)14(9-19)15-3-2-8-20(15)18(21)25/h11-13H,2-8,10H2,1H3/t11-/m1/s1. The highest BCUT2D eigenvalue weighted by atomic mass is 16.2. The van der Waals surface area contributed by atoms with Crippen LogP contribution in [0.15, 0.2) is 9.59 Å². The molecule has 1 aliphatic heterocycles. The van der Waals surface area contributed by atoms with E-state index in [0.29, 0.717) is 24.6 Å². The lowest BCUT2D eigenvalue weighted by Crippen LogP contribution is -2.49. The van der Waals surface area contributed by atoms with Gasteiger partial charge in [0.1, 0.15) is 18.2 Å². The van der Waals surface area contributed by atoms with Crippen LogP contribution in [0, 0.1) is 17.2 Å². The lowest BCUT2D eigenvalue weighted by atomic mass is 10.1. The van der Waals surface area contributed by atoms with E-state index in [4.69, 9.17) is 0 Å². The third-order valence-corrected chi connectivity index (χ3v) is 5.71. The average molecular weight is 342 g/mol. The molecular formula is C18H22N4O3. The summed E-state index contributed by atoms with van der Waals surface area (Å²) in [6.45, 7) is 2.30. The van der Waals surface area contributed by atoms with Crippen LogP contribution >= 0.6 is 0 Å². The van der Waals surface area contributed by atoms with Gasteiger partial charge in [-0.25, -0.2) is 9.36 Å². The monoisotopic (exact) mass is 342 g/mol. The third kappa shape index (κ3) is 2.70. The predicted molar refractivity (Wildman–Crippen MR) is 90.1 cm³/mol. The maximum Gasteiger partial charge on any atom is 0.331 e. The van der Waals surface area contributed by atoms with E-state index in [1.807, 2.05) is 11.0 Å². The number of hydrogen-bond acceptors (Lipinski definition) is 4. The van der Waals surface area contributed by atoms with Crippen LogP contribution in [0.3, 0.4) is 0 Å². The van der Waals surface area contributed by atoms with Gasteiger partial charge in [0, 0.05) is 24.3 Å². The molecule has 1 aromatic rings. The Morgan fingerprint density at radius 1 is 1.32 bits per heavy atom. The number of nitrogens with zero attached hydrogens (tertiary/aromatic N) is 4. The molecule has 0 saturated heterocycles. The van der Waals surface area contributed by atoms with E-state index in [9.17, 15) is 19.6 Å². The van der Waals surface area contributed by atoms with Crippen molar-refractivity contribution in [2.75, 3.05) is 0 Å². The number of amides is 1. The van der Waals surface area contributed by atoms with Gasteiger partial charge in [0.05, 0.1) is 0 Å². The smallest absolute Gasteiger partial charge is 0.331 e. The van der Waals surface area contributed by atoms with Crippen LogP contribution in [0.2, 0.25) is 0 Å². The zero-order chi connectivity index (χ0) is 17.7. The average Bonchev–Trinajstić information content (AvgIpc) is 3.51. The molecule has 0 bridgehead atoms. The van der Waals surface area contributed by atoms with Gasteiger partial charge in [-0.05, 0) is 51.4 Å². The van der Waals surface area contributed by atoms with Gasteiger partial charge in [0.15, 0.2) is 0 Å².